The molecule has 0 bridgehead atoms. The number of hydrogen-bond acceptors (Lipinski definition) is 3. The van der Waals surface area contributed by atoms with E-state index >= 15 is 0 Å². The molecule has 0 fully saturated rings. The van der Waals surface area contributed by atoms with E-state index < -0.39 is 0 Å². The van der Waals surface area contributed by atoms with E-state index in [0.717, 1.165) is 28.1 Å². The molecule has 2 rings (SSSR count). The maximum absolute atomic E-state index is 5.70. The van der Waals surface area contributed by atoms with Gasteiger partial charge in [0.1, 0.15) is 5.75 Å². The standard InChI is InChI=1S/C15H17BrN2O/c1-18(13-5-3-12(17)4-6-13)10-11-9-14(19-2)7-8-15(11)16/h3-9H,10,17H2,1-2H3. The summed E-state index contributed by atoms with van der Waals surface area (Å²) in [6.07, 6.45) is 0. The summed E-state index contributed by atoms with van der Waals surface area (Å²) >= 11 is 3.57. The summed E-state index contributed by atoms with van der Waals surface area (Å²) in [5, 5.41) is 0. The summed E-state index contributed by atoms with van der Waals surface area (Å²) in [6.45, 7) is 0.793. The molecule has 0 saturated heterocycles. The van der Waals surface area contributed by atoms with Gasteiger partial charge >= 0.3 is 0 Å². The zero-order chi connectivity index (χ0) is 13.8. The monoisotopic (exact) mass is 320 g/mol. The summed E-state index contributed by atoms with van der Waals surface area (Å²) in [4.78, 5) is 2.17. The molecule has 0 atom stereocenters. The molecule has 3 nitrogen and oxygen atoms in total. The second-order valence-electron chi connectivity index (χ2n) is 4.40. The highest BCUT2D eigenvalue weighted by Gasteiger charge is 2.06. The Morgan fingerprint density at radius 2 is 1.84 bits per heavy atom. The minimum Gasteiger partial charge on any atom is -0.497 e. The smallest absolute Gasteiger partial charge is 0.119 e. The number of nitrogens with two attached hydrogens (primary N) is 1. The van der Waals surface area contributed by atoms with Crippen LogP contribution in [0.2, 0.25) is 0 Å². The Labute approximate surface area is 122 Å². The molecule has 2 aromatic carbocycles. The van der Waals surface area contributed by atoms with Crippen molar-refractivity contribution >= 4 is 27.3 Å². The molecule has 0 aliphatic heterocycles. The zero-order valence-corrected chi connectivity index (χ0v) is 12.6. The Balaban J connectivity index is 2.18. The van der Waals surface area contributed by atoms with Gasteiger partial charge in [0.25, 0.3) is 0 Å². The normalized spacial score (nSPS) is 10.3. The number of nitrogens with zero attached hydrogens (tertiary/aromatic N) is 1. The van der Waals surface area contributed by atoms with E-state index in [1.165, 1.54) is 5.56 Å². The number of ether oxygens (including phenoxy) is 1. The number of benzene rings is 2. The number of anilines is 2. The van der Waals surface area contributed by atoms with Crippen molar-refractivity contribution in [1.29, 1.82) is 0 Å². The molecule has 100 valence electrons. The van der Waals surface area contributed by atoms with E-state index in [4.69, 9.17) is 10.5 Å². The van der Waals surface area contributed by atoms with Gasteiger partial charge < -0.3 is 15.4 Å². The lowest BCUT2D eigenvalue weighted by atomic mass is 10.2. The first kappa shape index (κ1) is 13.7. The van der Waals surface area contributed by atoms with E-state index in [0.29, 0.717) is 0 Å². The van der Waals surface area contributed by atoms with Gasteiger partial charge in [0.2, 0.25) is 0 Å². The van der Waals surface area contributed by atoms with E-state index in [1.807, 2.05) is 42.5 Å². The van der Waals surface area contributed by atoms with Crippen LogP contribution in [0.4, 0.5) is 11.4 Å². The molecule has 0 aliphatic rings. The summed E-state index contributed by atoms with van der Waals surface area (Å²) < 4.78 is 6.34. The fourth-order valence-electron chi connectivity index (χ4n) is 1.87. The van der Waals surface area contributed by atoms with Gasteiger partial charge in [0, 0.05) is 29.4 Å². The molecule has 19 heavy (non-hydrogen) atoms. The van der Waals surface area contributed by atoms with Crippen LogP contribution in [0.1, 0.15) is 5.56 Å². The van der Waals surface area contributed by atoms with E-state index in [2.05, 4.69) is 27.9 Å². The van der Waals surface area contributed by atoms with E-state index in [-0.39, 0.29) is 0 Å². The summed E-state index contributed by atoms with van der Waals surface area (Å²) in [6, 6.07) is 13.8. The third-order valence-electron chi connectivity index (χ3n) is 2.99. The highest BCUT2D eigenvalue weighted by molar-refractivity contribution is 9.10. The molecule has 0 saturated carbocycles. The third kappa shape index (κ3) is 3.41. The Morgan fingerprint density at radius 1 is 1.16 bits per heavy atom. The van der Waals surface area contributed by atoms with Crippen LogP contribution in [0.5, 0.6) is 5.75 Å². The Hall–Kier alpha value is -1.68. The predicted octanol–water partition coefficient (Wildman–Crippen LogP) is 3.68. The van der Waals surface area contributed by atoms with Crippen LogP contribution in [0, 0.1) is 0 Å². The number of nitrogen functional groups attached to an aromatic ring is 1. The van der Waals surface area contributed by atoms with E-state index in [9.17, 15) is 0 Å². The van der Waals surface area contributed by atoms with Gasteiger partial charge in [-0.2, -0.15) is 0 Å². The maximum Gasteiger partial charge on any atom is 0.119 e. The van der Waals surface area contributed by atoms with Gasteiger partial charge in [-0.1, -0.05) is 15.9 Å². The molecule has 0 aromatic heterocycles. The van der Waals surface area contributed by atoms with E-state index in [1.54, 1.807) is 7.11 Å². The lowest BCUT2D eigenvalue weighted by molar-refractivity contribution is 0.414. The largest absolute Gasteiger partial charge is 0.497 e. The highest BCUT2D eigenvalue weighted by Crippen LogP contribution is 2.25. The second kappa shape index (κ2) is 5.97. The van der Waals surface area contributed by atoms with Crippen molar-refractivity contribution in [2.45, 2.75) is 6.54 Å². The van der Waals surface area contributed by atoms with Gasteiger partial charge in [-0.3, -0.25) is 0 Å². The number of methoxy groups -OCH3 is 1. The molecule has 4 heteroatoms. The van der Waals surface area contributed by atoms with Gasteiger partial charge in [-0.15, -0.1) is 0 Å². The lowest BCUT2D eigenvalue weighted by Crippen LogP contribution is -2.16. The predicted molar refractivity (Wildman–Crippen MR) is 83.7 cm³/mol. The summed E-state index contributed by atoms with van der Waals surface area (Å²) in [5.41, 5.74) is 8.78. The van der Waals surface area contributed by atoms with Crippen molar-refractivity contribution in [2.75, 3.05) is 24.8 Å². The second-order valence-corrected chi connectivity index (χ2v) is 5.26. The molecule has 2 aromatic rings. The highest BCUT2D eigenvalue weighted by atomic mass is 79.9. The molecule has 0 radical (unpaired) electrons. The van der Waals surface area contributed by atoms with Gasteiger partial charge in [-0.25, -0.2) is 0 Å². The fourth-order valence-corrected chi connectivity index (χ4v) is 2.25. The number of halogens is 1. The van der Waals surface area contributed by atoms with Crippen LogP contribution in [-0.4, -0.2) is 14.2 Å². The molecule has 0 heterocycles. The zero-order valence-electron chi connectivity index (χ0n) is 11.1. The summed E-state index contributed by atoms with van der Waals surface area (Å²) in [5.74, 6) is 0.865. The fraction of sp³-hybridized carbons (Fsp3) is 0.200. The number of hydrogen-bond donors (Lipinski definition) is 1. The average molecular weight is 321 g/mol. The number of rotatable bonds is 4. The van der Waals surface area contributed by atoms with Crippen LogP contribution in [0.25, 0.3) is 0 Å². The molecule has 0 amide bonds. The SMILES string of the molecule is COc1ccc(Br)c(CN(C)c2ccc(N)cc2)c1. The minimum absolute atomic E-state index is 0.778. The van der Waals surface area contributed by atoms with Crippen molar-refractivity contribution in [3.8, 4) is 5.75 Å². The Kier molecular flexibility index (Phi) is 4.32. The average Bonchev–Trinajstić information content (AvgIpc) is 2.42. The van der Waals surface area contributed by atoms with Crippen LogP contribution in [0.15, 0.2) is 46.9 Å². The molecule has 0 unspecified atom stereocenters. The van der Waals surface area contributed by atoms with Crippen LogP contribution in [-0.2, 0) is 6.54 Å². The molecule has 2 N–H and O–H groups in total. The minimum atomic E-state index is 0.778. The lowest BCUT2D eigenvalue weighted by Gasteiger charge is -2.20. The molecular weight excluding hydrogens is 304 g/mol. The molecular formula is C15H17BrN2O. The Morgan fingerprint density at radius 3 is 2.47 bits per heavy atom. The summed E-state index contributed by atoms with van der Waals surface area (Å²) in [7, 11) is 3.73. The van der Waals surface area contributed by atoms with Crippen molar-refractivity contribution in [2.24, 2.45) is 0 Å². The first-order valence-corrected chi connectivity index (χ1v) is 6.78. The first-order valence-electron chi connectivity index (χ1n) is 5.99. The van der Waals surface area contributed by atoms with Crippen molar-refractivity contribution in [3.63, 3.8) is 0 Å². The van der Waals surface area contributed by atoms with Gasteiger partial charge in [0.05, 0.1) is 7.11 Å². The third-order valence-corrected chi connectivity index (χ3v) is 3.77. The van der Waals surface area contributed by atoms with Gasteiger partial charge in [0.15, 0.2) is 0 Å². The molecule has 0 spiro atoms. The first-order chi connectivity index (χ1) is 9.10. The van der Waals surface area contributed by atoms with Crippen LogP contribution in [0.3, 0.4) is 0 Å². The van der Waals surface area contributed by atoms with Crippen molar-refractivity contribution in [3.05, 3.63) is 52.5 Å². The van der Waals surface area contributed by atoms with Crippen LogP contribution < -0.4 is 15.4 Å². The molecule has 0 aliphatic carbocycles. The maximum atomic E-state index is 5.70. The topological polar surface area (TPSA) is 38.5 Å². The van der Waals surface area contributed by atoms with Gasteiger partial charge in [-0.05, 0) is 48.0 Å². The van der Waals surface area contributed by atoms with Crippen LogP contribution >= 0.6 is 15.9 Å². The quantitative estimate of drug-likeness (QED) is 0.873. The van der Waals surface area contributed by atoms with Crippen molar-refractivity contribution < 1.29 is 4.74 Å². The Bertz CT molecular complexity index is 555. The van der Waals surface area contributed by atoms with Crippen molar-refractivity contribution in [1.82, 2.24) is 0 Å².